The molecule has 1 N–H and O–H groups in total. The monoisotopic (exact) mass is 446 g/mol. The molecule has 0 radical (unpaired) electrons. The molecular weight excluding hydrogens is 420 g/mol. The topological polar surface area (TPSA) is 83.2 Å². The molecule has 7 heteroatoms. The second kappa shape index (κ2) is 8.86. The van der Waals surface area contributed by atoms with Crippen molar-refractivity contribution >= 4 is 28.8 Å². The van der Waals surface area contributed by atoms with E-state index in [1.807, 2.05) is 45.0 Å². The molecule has 7 nitrogen and oxygen atoms in total. The molecule has 1 fully saturated rings. The van der Waals surface area contributed by atoms with E-state index in [0.717, 1.165) is 5.69 Å². The van der Waals surface area contributed by atoms with Gasteiger partial charge in [-0.25, -0.2) is 0 Å². The van der Waals surface area contributed by atoms with Gasteiger partial charge in [0.2, 0.25) is 0 Å². The van der Waals surface area contributed by atoms with Crippen molar-refractivity contribution in [2.45, 2.75) is 26.0 Å². The van der Waals surface area contributed by atoms with Gasteiger partial charge < -0.3 is 19.2 Å². The van der Waals surface area contributed by atoms with Crippen molar-refractivity contribution < 1.29 is 23.8 Å². The number of benzene rings is 2. The molecule has 1 unspecified atom stereocenters. The Hall–Kier alpha value is -4.00. The fraction of sp³-hybridized carbons (Fsp3) is 0.231. The van der Waals surface area contributed by atoms with Gasteiger partial charge in [-0.2, -0.15) is 0 Å². The molecule has 1 saturated heterocycles. The lowest BCUT2D eigenvalue weighted by molar-refractivity contribution is -0.132. The maximum atomic E-state index is 13.1. The van der Waals surface area contributed by atoms with Gasteiger partial charge in [0.05, 0.1) is 17.9 Å². The molecule has 1 atom stereocenters. The SMILES string of the molecule is CC(C)Oc1ccc(/C(O)=C2/C(=O)C(=O)N(c3ccc(N(C)C)cc3)C2c2ccco2)cc1. The predicted octanol–water partition coefficient (Wildman–Crippen LogP) is 4.76. The zero-order valence-corrected chi connectivity index (χ0v) is 19.0. The van der Waals surface area contributed by atoms with E-state index in [4.69, 9.17) is 9.15 Å². The van der Waals surface area contributed by atoms with Crippen LogP contribution in [0.4, 0.5) is 11.4 Å². The second-order valence-corrected chi connectivity index (χ2v) is 8.29. The normalized spacial score (nSPS) is 17.6. The van der Waals surface area contributed by atoms with Gasteiger partial charge in [0.1, 0.15) is 23.3 Å². The molecule has 1 aliphatic heterocycles. The summed E-state index contributed by atoms with van der Waals surface area (Å²) >= 11 is 0. The number of hydrogen-bond donors (Lipinski definition) is 1. The average Bonchev–Trinajstić information content (AvgIpc) is 3.40. The highest BCUT2D eigenvalue weighted by Crippen LogP contribution is 2.42. The highest BCUT2D eigenvalue weighted by molar-refractivity contribution is 6.51. The minimum atomic E-state index is -0.892. The molecule has 1 amide bonds. The van der Waals surface area contributed by atoms with Crippen molar-refractivity contribution in [2.75, 3.05) is 23.9 Å². The quantitative estimate of drug-likeness (QED) is 0.334. The number of amides is 1. The lowest BCUT2D eigenvalue weighted by atomic mass is 9.99. The lowest BCUT2D eigenvalue weighted by Crippen LogP contribution is -2.29. The van der Waals surface area contributed by atoms with Gasteiger partial charge in [0.15, 0.2) is 0 Å². The largest absolute Gasteiger partial charge is 0.507 e. The number of Topliss-reactive ketones (excluding diaryl/α,β-unsaturated/α-hetero) is 1. The van der Waals surface area contributed by atoms with Crippen molar-refractivity contribution in [1.29, 1.82) is 0 Å². The van der Waals surface area contributed by atoms with Crippen molar-refractivity contribution in [3.8, 4) is 5.75 Å². The number of furan rings is 1. The molecule has 0 saturated carbocycles. The van der Waals surface area contributed by atoms with E-state index in [1.54, 1.807) is 48.5 Å². The van der Waals surface area contributed by atoms with E-state index < -0.39 is 17.7 Å². The van der Waals surface area contributed by atoms with Crippen LogP contribution in [0.2, 0.25) is 0 Å². The zero-order valence-electron chi connectivity index (χ0n) is 19.0. The molecule has 33 heavy (non-hydrogen) atoms. The standard InChI is InChI=1S/C26H26N2O5/c1-16(2)33-20-13-7-17(8-14-20)24(29)22-23(21-6-5-15-32-21)28(26(31)25(22)30)19-11-9-18(10-12-19)27(3)4/h5-16,23,29H,1-4H3/b24-22-. The number of aliphatic hydroxyl groups excluding tert-OH is 1. The number of hydrogen-bond acceptors (Lipinski definition) is 6. The van der Waals surface area contributed by atoms with E-state index in [-0.39, 0.29) is 17.4 Å². The summed E-state index contributed by atoms with van der Waals surface area (Å²) in [6, 6.07) is 16.5. The first-order valence-electron chi connectivity index (χ1n) is 10.7. The highest BCUT2D eigenvalue weighted by Gasteiger charge is 2.48. The average molecular weight is 447 g/mol. The summed E-state index contributed by atoms with van der Waals surface area (Å²) in [4.78, 5) is 29.5. The predicted molar refractivity (Wildman–Crippen MR) is 126 cm³/mol. The van der Waals surface area contributed by atoms with Crippen molar-refractivity contribution in [1.82, 2.24) is 0 Å². The lowest BCUT2D eigenvalue weighted by Gasteiger charge is -2.24. The number of aliphatic hydroxyl groups is 1. The summed E-state index contributed by atoms with van der Waals surface area (Å²) in [5, 5.41) is 11.1. The number of ketones is 1. The number of nitrogens with zero attached hydrogens (tertiary/aromatic N) is 2. The van der Waals surface area contributed by atoms with E-state index in [0.29, 0.717) is 22.8 Å². The molecule has 3 aromatic rings. The first-order chi connectivity index (χ1) is 15.8. The molecule has 1 aromatic heterocycles. The molecule has 170 valence electrons. The molecule has 4 rings (SSSR count). The third-order valence-corrected chi connectivity index (χ3v) is 5.40. The summed E-state index contributed by atoms with van der Waals surface area (Å²) in [7, 11) is 3.84. The fourth-order valence-electron chi connectivity index (χ4n) is 3.85. The summed E-state index contributed by atoms with van der Waals surface area (Å²) in [6.07, 6.45) is 1.48. The zero-order chi connectivity index (χ0) is 23.7. The van der Waals surface area contributed by atoms with Crippen molar-refractivity contribution in [3.05, 3.63) is 83.8 Å². The second-order valence-electron chi connectivity index (χ2n) is 8.29. The van der Waals surface area contributed by atoms with Crippen LogP contribution in [0, 0.1) is 0 Å². The van der Waals surface area contributed by atoms with Crippen LogP contribution in [0.3, 0.4) is 0 Å². The minimum Gasteiger partial charge on any atom is -0.507 e. The highest BCUT2D eigenvalue weighted by atomic mass is 16.5. The Labute approximate surface area is 192 Å². The fourth-order valence-corrected chi connectivity index (χ4v) is 3.85. The van der Waals surface area contributed by atoms with E-state index >= 15 is 0 Å². The third kappa shape index (κ3) is 4.22. The Morgan fingerprint density at radius 2 is 1.70 bits per heavy atom. The van der Waals surface area contributed by atoms with Gasteiger partial charge in [-0.1, -0.05) is 0 Å². The third-order valence-electron chi connectivity index (χ3n) is 5.40. The van der Waals surface area contributed by atoms with Crippen LogP contribution in [0.25, 0.3) is 5.76 Å². The van der Waals surface area contributed by atoms with Crippen LogP contribution in [-0.2, 0) is 9.59 Å². The summed E-state index contributed by atoms with van der Waals surface area (Å²) in [5.74, 6) is -0.737. The van der Waals surface area contributed by atoms with E-state index in [1.165, 1.54) is 11.2 Å². The summed E-state index contributed by atoms with van der Waals surface area (Å²) in [6.45, 7) is 3.84. The molecular formula is C26H26N2O5. The number of carbonyl (C=O) groups is 2. The Morgan fingerprint density at radius 1 is 1.03 bits per heavy atom. The van der Waals surface area contributed by atoms with E-state index in [2.05, 4.69) is 0 Å². The minimum absolute atomic E-state index is 0.00704. The van der Waals surface area contributed by atoms with Gasteiger partial charge in [0.25, 0.3) is 11.7 Å². The van der Waals surface area contributed by atoms with Gasteiger partial charge in [-0.05, 0) is 74.5 Å². The molecule has 0 spiro atoms. The first kappa shape index (κ1) is 22.2. The Morgan fingerprint density at radius 3 is 2.24 bits per heavy atom. The summed E-state index contributed by atoms with van der Waals surface area (Å²) in [5.41, 5.74) is 1.87. The van der Waals surface area contributed by atoms with Crippen molar-refractivity contribution in [2.24, 2.45) is 0 Å². The maximum absolute atomic E-state index is 13.1. The Balaban J connectivity index is 1.80. The Bertz CT molecular complexity index is 1180. The molecule has 2 aromatic carbocycles. The number of rotatable bonds is 6. The van der Waals surface area contributed by atoms with Crippen LogP contribution < -0.4 is 14.5 Å². The smallest absolute Gasteiger partial charge is 0.300 e. The van der Waals surface area contributed by atoms with Crippen LogP contribution in [-0.4, -0.2) is 37.0 Å². The first-order valence-corrected chi connectivity index (χ1v) is 10.7. The summed E-state index contributed by atoms with van der Waals surface area (Å²) < 4.78 is 11.2. The van der Waals surface area contributed by atoms with Crippen LogP contribution in [0.15, 0.2) is 76.9 Å². The van der Waals surface area contributed by atoms with Gasteiger partial charge in [0, 0.05) is 31.0 Å². The van der Waals surface area contributed by atoms with E-state index in [9.17, 15) is 14.7 Å². The maximum Gasteiger partial charge on any atom is 0.300 e. The molecule has 2 heterocycles. The van der Waals surface area contributed by atoms with Gasteiger partial charge >= 0.3 is 0 Å². The Kier molecular flexibility index (Phi) is 5.96. The van der Waals surface area contributed by atoms with Crippen LogP contribution in [0.1, 0.15) is 31.2 Å². The van der Waals surface area contributed by atoms with Gasteiger partial charge in [-0.3, -0.25) is 14.5 Å². The van der Waals surface area contributed by atoms with Crippen LogP contribution >= 0.6 is 0 Å². The molecule has 0 bridgehead atoms. The van der Waals surface area contributed by atoms with Gasteiger partial charge in [-0.15, -0.1) is 0 Å². The molecule has 0 aliphatic carbocycles. The number of ether oxygens (including phenoxy) is 1. The van der Waals surface area contributed by atoms with Crippen LogP contribution in [0.5, 0.6) is 5.75 Å². The number of carbonyl (C=O) groups excluding carboxylic acids is 2. The number of anilines is 2. The molecule has 1 aliphatic rings. The van der Waals surface area contributed by atoms with Crippen molar-refractivity contribution in [3.63, 3.8) is 0 Å².